The van der Waals surface area contributed by atoms with Crippen molar-refractivity contribution in [1.29, 1.82) is 0 Å². The van der Waals surface area contributed by atoms with Gasteiger partial charge in [0.05, 0.1) is 6.33 Å². The molecule has 0 unspecified atom stereocenters. The van der Waals surface area contributed by atoms with E-state index in [4.69, 9.17) is 0 Å². The summed E-state index contributed by atoms with van der Waals surface area (Å²) in [5.41, 5.74) is 2.78. The molecule has 0 atom stereocenters. The Bertz CT molecular complexity index is 737. The Morgan fingerprint density at radius 2 is 2.25 bits per heavy atom. The average Bonchev–Trinajstić information content (AvgIpc) is 2.86. The lowest BCUT2D eigenvalue weighted by Gasteiger charge is -2.18. The van der Waals surface area contributed by atoms with E-state index in [1.54, 1.807) is 17.7 Å². The topological polar surface area (TPSA) is 76.0 Å². The smallest absolute Gasteiger partial charge is 0.280 e. The molecule has 20 heavy (non-hydrogen) atoms. The summed E-state index contributed by atoms with van der Waals surface area (Å²) >= 11 is 0. The Hall–Kier alpha value is -2.02. The molecule has 6 nitrogen and oxygen atoms in total. The fraction of sp³-hybridized carbons (Fsp3) is 0.308. The van der Waals surface area contributed by atoms with Gasteiger partial charge in [0.15, 0.2) is 5.03 Å². The predicted molar refractivity (Wildman–Crippen MR) is 77.3 cm³/mol. The third-order valence-electron chi connectivity index (χ3n) is 3.25. The zero-order chi connectivity index (χ0) is 14.2. The summed E-state index contributed by atoms with van der Waals surface area (Å²) < 4.78 is 28.5. The highest BCUT2D eigenvalue weighted by Crippen LogP contribution is 2.26. The van der Waals surface area contributed by atoms with Crippen LogP contribution in [0.15, 0.2) is 35.7 Å². The molecule has 1 aliphatic rings. The molecule has 1 aromatic carbocycles. The van der Waals surface area contributed by atoms with Crippen molar-refractivity contribution in [3.05, 3.63) is 36.3 Å². The van der Waals surface area contributed by atoms with E-state index in [2.05, 4.69) is 15.0 Å². The number of aryl methyl sites for hydroxylation is 2. The van der Waals surface area contributed by atoms with Crippen molar-refractivity contribution in [2.75, 3.05) is 16.6 Å². The molecule has 0 fully saturated rings. The summed E-state index contributed by atoms with van der Waals surface area (Å²) in [5.74, 6) is 0. The molecule has 2 heterocycles. The van der Waals surface area contributed by atoms with E-state index in [9.17, 15) is 8.42 Å². The third-order valence-corrected chi connectivity index (χ3v) is 4.52. The van der Waals surface area contributed by atoms with Crippen LogP contribution in [0.2, 0.25) is 0 Å². The van der Waals surface area contributed by atoms with Gasteiger partial charge in [-0.1, -0.05) is 0 Å². The first-order valence-electron chi connectivity index (χ1n) is 6.42. The molecule has 0 aliphatic carbocycles. The number of imidazole rings is 1. The molecule has 0 saturated carbocycles. The minimum atomic E-state index is -3.62. The number of hydrogen-bond donors (Lipinski definition) is 2. The molecule has 2 aromatic rings. The standard InChI is InChI=1S/C13H16N4O2S/c1-17-8-13(15-9-17)20(18,19)16-11-4-5-12-10(7-11)3-2-6-14-12/h4-5,7-9,14,16H,2-3,6H2,1H3. The minimum Gasteiger partial charge on any atom is -0.385 e. The number of aromatic nitrogens is 2. The Morgan fingerprint density at radius 3 is 3.00 bits per heavy atom. The van der Waals surface area contributed by atoms with Gasteiger partial charge < -0.3 is 9.88 Å². The van der Waals surface area contributed by atoms with Crippen LogP contribution in [0.25, 0.3) is 0 Å². The van der Waals surface area contributed by atoms with Gasteiger partial charge >= 0.3 is 0 Å². The summed E-state index contributed by atoms with van der Waals surface area (Å²) in [5, 5.41) is 3.32. The van der Waals surface area contributed by atoms with Crippen molar-refractivity contribution in [2.24, 2.45) is 7.05 Å². The van der Waals surface area contributed by atoms with E-state index in [1.165, 1.54) is 12.5 Å². The molecule has 1 aromatic heterocycles. The number of fused-ring (bicyclic) bond motifs is 1. The first kappa shape index (κ1) is 13.0. The Balaban J connectivity index is 1.87. The van der Waals surface area contributed by atoms with Crippen LogP contribution in [0.5, 0.6) is 0 Å². The van der Waals surface area contributed by atoms with Gasteiger partial charge in [0.25, 0.3) is 10.0 Å². The highest BCUT2D eigenvalue weighted by atomic mass is 32.2. The molecule has 0 spiro atoms. The van der Waals surface area contributed by atoms with Crippen molar-refractivity contribution < 1.29 is 8.42 Å². The molecule has 7 heteroatoms. The largest absolute Gasteiger partial charge is 0.385 e. The summed E-state index contributed by atoms with van der Waals surface area (Å²) in [7, 11) is -1.89. The molecule has 3 rings (SSSR count). The summed E-state index contributed by atoms with van der Waals surface area (Å²) in [6, 6.07) is 5.55. The second-order valence-electron chi connectivity index (χ2n) is 4.89. The van der Waals surface area contributed by atoms with Crippen LogP contribution in [0, 0.1) is 0 Å². The molecule has 0 amide bonds. The monoisotopic (exact) mass is 292 g/mol. The van der Waals surface area contributed by atoms with Gasteiger partial charge in [0, 0.05) is 31.2 Å². The molecule has 0 saturated heterocycles. The van der Waals surface area contributed by atoms with E-state index in [-0.39, 0.29) is 5.03 Å². The van der Waals surface area contributed by atoms with Gasteiger partial charge in [-0.05, 0) is 36.6 Å². The number of nitrogens with one attached hydrogen (secondary N) is 2. The van der Waals surface area contributed by atoms with E-state index in [0.29, 0.717) is 5.69 Å². The van der Waals surface area contributed by atoms with Crippen molar-refractivity contribution >= 4 is 21.4 Å². The van der Waals surface area contributed by atoms with Gasteiger partial charge in [-0.15, -0.1) is 0 Å². The highest BCUT2D eigenvalue weighted by molar-refractivity contribution is 7.92. The van der Waals surface area contributed by atoms with Gasteiger partial charge in [-0.2, -0.15) is 8.42 Å². The van der Waals surface area contributed by atoms with E-state index >= 15 is 0 Å². The number of benzene rings is 1. The maximum absolute atomic E-state index is 12.2. The first-order valence-corrected chi connectivity index (χ1v) is 7.90. The minimum absolute atomic E-state index is 0.0239. The van der Waals surface area contributed by atoms with Gasteiger partial charge in [0.2, 0.25) is 0 Å². The maximum atomic E-state index is 12.2. The van der Waals surface area contributed by atoms with Gasteiger partial charge in [-0.25, -0.2) is 4.98 Å². The molecule has 1 aliphatic heterocycles. The zero-order valence-electron chi connectivity index (χ0n) is 11.1. The van der Waals surface area contributed by atoms with Crippen molar-refractivity contribution in [2.45, 2.75) is 17.9 Å². The van der Waals surface area contributed by atoms with E-state index < -0.39 is 10.0 Å². The SMILES string of the molecule is Cn1cnc(S(=O)(=O)Nc2ccc3c(c2)CCCN3)c1. The number of anilines is 2. The lowest BCUT2D eigenvalue weighted by Crippen LogP contribution is -2.15. The highest BCUT2D eigenvalue weighted by Gasteiger charge is 2.18. The maximum Gasteiger partial charge on any atom is 0.280 e. The van der Waals surface area contributed by atoms with Crippen molar-refractivity contribution in [1.82, 2.24) is 9.55 Å². The van der Waals surface area contributed by atoms with Crippen LogP contribution in [0.1, 0.15) is 12.0 Å². The lowest BCUT2D eigenvalue weighted by molar-refractivity contribution is 0.598. The first-order chi connectivity index (χ1) is 9.54. The fourth-order valence-electron chi connectivity index (χ4n) is 2.27. The fourth-order valence-corrected chi connectivity index (χ4v) is 3.31. The van der Waals surface area contributed by atoms with Gasteiger partial charge in [0.1, 0.15) is 0 Å². The average molecular weight is 292 g/mol. The van der Waals surface area contributed by atoms with Crippen LogP contribution in [0.3, 0.4) is 0 Å². The normalized spacial score (nSPS) is 14.4. The Morgan fingerprint density at radius 1 is 1.40 bits per heavy atom. The van der Waals surface area contributed by atoms with Crippen LogP contribution < -0.4 is 10.0 Å². The van der Waals surface area contributed by atoms with Crippen LogP contribution in [0.4, 0.5) is 11.4 Å². The number of rotatable bonds is 3. The molecular weight excluding hydrogens is 276 g/mol. The molecule has 2 N–H and O–H groups in total. The van der Waals surface area contributed by atoms with Crippen LogP contribution in [-0.2, 0) is 23.5 Å². The third kappa shape index (κ3) is 2.49. The van der Waals surface area contributed by atoms with E-state index in [0.717, 1.165) is 30.6 Å². The lowest BCUT2D eigenvalue weighted by atomic mass is 10.0. The molecule has 0 bridgehead atoms. The van der Waals surface area contributed by atoms with Crippen LogP contribution >= 0.6 is 0 Å². The summed E-state index contributed by atoms with van der Waals surface area (Å²) in [4.78, 5) is 3.87. The predicted octanol–water partition coefficient (Wildman–Crippen LogP) is 1.58. The van der Waals surface area contributed by atoms with E-state index in [1.807, 2.05) is 12.1 Å². The van der Waals surface area contributed by atoms with Crippen molar-refractivity contribution in [3.8, 4) is 0 Å². The second-order valence-corrected chi connectivity index (χ2v) is 6.51. The Labute approximate surface area is 117 Å². The van der Waals surface area contributed by atoms with Gasteiger partial charge in [-0.3, -0.25) is 4.72 Å². The molecule has 0 radical (unpaired) electrons. The number of nitrogens with zero attached hydrogens (tertiary/aromatic N) is 2. The molecular formula is C13H16N4O2S. The van der Waals surface area contributed by atoms with Crippen LogP contribution in [-0.4, -0.2) is 24.5 Å². The zero-order valence-corrected chi connectivity index (χ0v) is 11.9. The second kappa shape index (κ2) is 4.82. The quantitative estimate of drug-likeness (QED) is 0.900. The number of sulfonamides is 1. The summed E-state index contributed by atoms with van der Waals surface area (Å²) in [6.45, 7) is 0.964. The van der Waals surface area contributed by atoms with Crippen molar-refractivity contribution in [3.63, 3.8) is 0 Å². The molecule has 106 valence electrons. The summed E-state index contributed by atoms with van der Waals surface area (Å²) in [6.07, 6.45) is 4.96. The Kier molecular flexibility index (Phi) is 3.13. The number of hydrogen-bond acceptors (Lipinski definition) is 4.